The van der Waals surface area contributed by atoms with Gasteiger partial charge in [0, 0.05) is 31.4 Å². The Bertz CT molecular complexity index is 587. The van der Waals surface area contributed by atoms with Crippen LogP contribution in [0.5, 0.6) is 0 Å². The number of ether oxygens (including phenoxy) is 1. The monoisotopic (exact) mass is 334 g/mol. The van der Waals surface area contributed by atoms with Crippen LogP contribution in [0.4, 0.5) is 10.1 Å². The second-order valence-electron chi connectivity index (χ2n) is 6.92. The first-order valence-electron chi connectivity index (χ1n) is 9.03. The van der Waals surface area contributed by atoms with Gasteiger partial charge in [-0.3, -0.25) is 4.79 Å². The van der Waals surface area contributed by atoms with Crippen LogP contribution in [0.2, 0.25) is 0 Å². The van der Waals surface area contributed by atoms with Crippen LogP contribution in [-0.4, -0.2) is 49.7 Å². The first-order valence-corrected chi connectivity index (χ1v) is 9.03. The summed E-state index contributed by atoms with van der Waals surface area (Å²) in [6.45, 7) is 7.79. The van der Waals surface area contributed by atoms with Crippen LogP contribution in [-0.2, 0) is 4.74 Å². The molecule has 24 heavy (non-hydrogen) atoms. The molecule has 0 spiro atoms. The van der Waals surface area contributed by atoms with E-state index in [1.165, 1.54) is 18.6 Å². The maximum atomic E-state index is 13.9. The SMILES string of the molecule is CC[C@@H]1CC[C@H](C)N(C(=O)c2cc(F)ccc2N2CCOCC2)C1. The van der Waals surface area contributed by atoms with Crippen molar-refractivity contribution in [3.63, 3.8) is 0 Å². The first kappa shape index (κ1) is 17.2. The highest BCUT2D eigenvalue weighted by Crippen LogP contribution is 2.29. The van der Waals surface area contributed by atoms with E-state index in [9.17, 15) is 9.18 Å². The summed E-state index contributed by atoms with van der Waals surface area (Å²) in [6, 6.07) is 4.78. The summed E-state index contributed by atoms with van der Waals surface area (Å²) in [7, 11) is 0. The topological polar surface area (TPSA) is 32.8 Å². The Hall–Kier alpha value is -1.62. The predicted molar refractivity (Wildman–Crippen MR) is 92.9 cm³/mol. The van der Waals surface area contributed by atoms with Gasteiger partial charge in [0.25, 0.3) is 5.91 Å². The maximum absolute atomic E-state index is 13.9. The molecular formula is C19H27FN2O2. The van der Waals surface area contributed by atoms with E-state index in [0.717, 1.165) is 38.2 Å². The summed E-state index contributed by atoms with van der Waals surface area (Å²) in [5.41, 5.74) is 1.32. The molecule has 0 saturated carbocycles. The molecule has 1 aromatic rings. The van der Waals surface area contributed by atoms with Gasteiger partial charge in [0.2, 0.25) is 0 Å². The number of morpholine rings is 1. The summed E-state index contributed by atoms with van der Waals surface area (Å²) in [5.74, 6) is 0.152. The molecule has 2 atom stereocenters. The van der Waals surface area contributed by atoms with Crippen LogP contribution in [0.1, 0.15) is 43.5 Å². The lowest BCUT2D eigenvalue weighted by Gasteiger charge is -2.39. The van der Waals surface area contributed by atoms with E-state index in [0.29, 0.717) is 24.7 Å². The van der Waals surface area contributed by atoms with E-state index >= 15 is 0 Å². The lowest BCUT2D eigenvalue weighted by molar-refractivity contribution is 0.0556. The fourth-order valence-electron chi connectivity index (χ4n) is 3.71. The van der Waals surface area contributed by atoms with Crippen LogP contribution in [0.15, 0.2) is 18.2 Å². The highest BCUT2D eigenvalue weighted by atomic mass is 19.1. The number of anilines is 1. The van der Waals surface area contributed by atoms with E-state index in [4.69, 9.17) is 4.74 Å². The number of nitrogens with zero attached hydrogens (tertiary/aromatic N) is 2. The zero-order valence-corrected chi connectivity index (χ0v) is 14.6. The molecule has 0 aliphatic carbocycles. The fourth-order valence-corrected chi connectivity index (χ4v) is 3.71. The molecule has 2 saturated heterocycles. The average Bonchev–Trinajstić information content (AvgIpc) is 2.62. The molecule has 2 aliphatic rings. The molecule has 1 aromatic carbocycles. The van der Waals surface area contributed by atoms with Gasteiger partial charge in [-0.1, -0.05) is 13.3 Å². The molecule has 0 N–H and O–H groups in total. The molecule has 132 valence electrons. The van der Waals surface area contributed by atoms with Crippen LogP contribution < -0.4 is 4.90 Å². The van der Waals surface area contributed by atoms with Gasteiger partial charge in [-0.05, 0) is 43.9 Å². The fraction of sp³-hybridized carbons (Fsp3) is 0.632. The molecule has 5 heteroatoms. The Morgan fingerprint density at radius 2 is 2.04 bits per heavy atom. The van der Waals surface area contributed by atoms with Crippen molar-refractivity contribution in [2.45, 2.75) is 39.2 Å². The number of carbonyl (C=O) groups is 1. The summed E-state index contributed by atoms with van der Waals surface area (Å²) in [6.07, 6.45) is 3.27. The first-order chi connectivity index (χ1) is 11.6. The molecular weight excluding hydrogens is 307 g/mol. The largest absolute Gasteiger partial charge is 0.378 e. The zero-order chi connectivity index (χ0) is 17.1. The molecule has 3 rings (SSSR count). The Morgan fingerprint density at radius 3 is 2.75 bits per heavy atom. The number of hydrogen-bond donors (Lipinski definition) is 0. The van der Waals surface area contributed by atoms with E-state index in [-0.39, 0.29) is 17.8 Å². The number of piperidine rings is 1. The minimum absolute atomic E-state index is 0.0401. The second kappa shape index (κ2) is 7.51. The number of amides is 1. The van der Waals surface area contributed by atoms with E-state index < -0.39 is 0 Å². The third-order valence-corrected chi connectivity index (χ3v) is 5.36. The van der Waals surface area contributed by atoms with Crippen molar-refractivity contribution >= 4 is 11.6 Å². The number of hydrogen-bond acceptors (Lipinski definition) is 3. The quantitative estimate of drug-likeness (QED) is 0.850. The van der Waals surface area contributed by atoms with Crippen LogP contribution in [0.3, 0.4) is 0 Å². The Morgan fingerprint density at radius 1 is 1.29 bits per heavy atom. The minimum atomic E-state index is -0.355. The minimum Gasteiger partial charge on any atom is -0.378 e. The van der Waals surface area contributed by atoms with Crippen molar-refractivity contribution in [2.24, 2.45) is 5.92 Å². The van der Waals surface area contributed by atoms with E-state index in [2.05, 4.69) is 18.7 Å². The molecule has 0 bridgehead atoms. The zero-order valence-electron chi connectivity index (χ0n) is 14.6. The molecule has 2 fully saturated rings. The van der Waals surface area contributed by atoms with Gasteiger partial charge in [-0.2, -0.15) is 0 Å². The summed E-state index contributed by atoms with van der Waals surface area (Å²) >= 11 is 0. The Labute approximate surface area is 143 Å². The van der Waals surface area contributed by atoms with E-state index in [1.807, 2.05) is 4.90 Å². The van der Waals surface area contributed by atoms with E-state index in [1.54, 1.807) is 6.07 Å². The number of carbonyl (C=O) groups excluding carboxylic acids is 1. The summed E-state index contributed by atoms with van der Waals surface area (Å²) in [4.78, 5) is 17.3. The van der Waals surface area contributed by atoms with Gasteiger partial charge in [0.05, 0.1) is 18.8 Å². The number of rotatable bonds is 3. The molecule has 0 radical (unpaired) electrons. The van der Waals surface area contributed by atoms with Crippen molar-refractivity contribution in [3.8, 4) is 0 Å². The lowest BCUT2D eigenvalue weighted by atomic mass is 9.91. The third-order valence-electron chi connectivity index (χ3n) is 5.36. The second-order valence-corrected chi connectivity index (χ2v) is 6.92. The number of halogens is 1. The molecule has 2 heterocycles. The number of benzene rings is 1. The lowest BCUT2D eigenvalue weighted by Crippen LogP contribution is -2.46. The molecule has 2 aliphatic heterocycles. The smallest absolute Gasteiger partial charge is 0.256 e. The van der Waals surface area contributed by atoms with Crippen molar-refractivity contribution in [3.05, 3.63) is 29.6 Å². The van der Waals surface area contributed by atoms with Crippen molar-refractivity contribution in [2.75, 3.05) is 37.7 Å². The van der Waals surface area contributed by atoms with Gasteiger partial charge < -0.3 is 14.5 Å². The van der Waals surface area contributed by atoms with Crippen LogP contribution in [0.25, 0.3) is 0 Å². The van der Waals surface area contributed by atoms with Crippen molar-refractivity contribution in [1.29, 1.82) is 0 Å². The maximum Gasteiger partial charge on any atom is 0.256 e. The predicted octanol–water partition coefficient (Wildman–Crippen LogP) is 3.31. The summed E-state index contributed by atoms with van der Waals surface area (Å²) < 4.78 is 19.3. The average molecular weight is 334 g/mol. The number of likely N-dealkylation sites (tertiary alicyclic amines) is 1. The van der Waals surface area contributed by atoms with Gasteiger partial charge >= 0.3 is 0 Å². The molecule has 4 nitrogen and oxygen atoms in total. The highest BCUT2D eigenvalue weighted by molar-refractivity contribution is 6.00. The van der Waals surface area contributed by atoms with Crippen molar-refractivity contribution in [1.82, 2.24) is 4.90 Å². The standard InChI is InChI=1S/C19H27FN2O2/c1-3-15-5-4-14(2)22(13-15)19(23)17-12-16(20)6-7-18(17)21-8-10-24-11-9-21/h6-7,12,14-15H,3-5,8-11,13H2,1-2H3/t14-,15+/m0/s1. The van der Waals surface area contributed by atoms with Gasteiger partial charge in [-0.15, -0.1) is 0 Å². The molecule has 0 aromatic heterocycles. The molecule has 0 unspecified atom stereocenters. The summed E-state index contributed by atoms with van der Waals surface area (Å²) in [5, 5.41) is 0. The molecule has 1 amide bonds. The van der Waals surface area contributed by atoms with Crippen LogP contribution >= 0.6 is 0 Å². The van der Waals surface area contributed by atoms with Gasteiger partial charge in [-0.25, -0.2) is 4.39 Å². The van der Waals surface area contributed by atoms with Crippen LogP contribution in [0, 0.1) is 11.7 Å². The van der Waals surface area contributed by atoms with Gasteiger partial charge in [0.15, 0.2) is 0 Å². The third kappa shape index (κ3) is 3.56. The van der Waals surface area contributed by atoms with Gasteiger partial charge in [0.1, 0.15) is 5.82 Å². The van der Waals surface area contributed by atoms with Crippen molar-refractivity contribution < 1.29 is 13.9 Å². The Balaban J connectivity index is 1.89. The Kier molecular flexibility index (Phi) is 5.39. The highest BCUT2D eigenvalue weighted by Gasteiger charge is 2.31. The normalized spacial score (nSPS) is 25.0.